The first-order valence-corrected chi connectivity index (χ1v) is 7.15. The van der Waals surface area contributed by atoms with Crippen molar-refractivity contribution in [1.29, 1.82) is 0 Å². The maximum Gasteiger partial charge on any atom is 0.307 e. The van der Waals surface area contributed by atoms with Gasteiger partial charge in [-0.15, -0.1) is 0 Å². The molecule has 1 aromatic carbocycles. The molecule has 0 amide bonds. The van der Waals surface area contributed by atoms with Crippen molar-refractivity contribution in [3.8, 4) is 0 Å². The van der Waals surface area contributed by atoms with Crippen LogP contribution in [-0.2, 0) is 11.3 Å². The van der Waals surface area contributed by atoms with Crippen molar-refractivity contribution in [1.82, 2.24) is 4.90 Å². The molecule has 4 rings (SSSR count). The Morgan fingerprint density at radius 1 is 1.35 bits per heavy atom. The van der Waals surface area contributed by atoms with Crippen LogP contribution in [0.5, 0.6) is 0 Å². The van der Waals surface area contributed by atoms with Gasteiger partial charge in [-0.2, -0.15) is 0 Å². The molecule has 1 aromatic heterocycles. The molecule has 2 heterocycles. The molecule has 1 saturated carbocycles. The first-order valence-electron chi connectivity index (χ1n) is 7.15. The molecule has 3 unspecified atom stereocenters. The minimum atomic E-state index is -0.620. The van der Waals surface area contributed by atoms with Crippen molar-refractivity contribution in [2.24, 2.45) is 17.8 Å². The van der Waals surface area contributed by atoms with E-state index < -0.39 is 5.97 Å². The Balaban J connectivity index is 1.46. The van der Waals surface area contributed by atoms with Crippen LogP contribution < -0.4 is 0 Å². The van der Waals surface area contributed by atoms with Gasteiger partial charge in [0.1, 0.15) is 11.3 Å². The van der Waals surface area contributed by atoms with E-state index in [1.54, 1.807) is 0 Å². The maximum absolute atomic E-state index is 11.1. The fourth-order valence-corrected chi connectivity index (χ4v) is 3.65. The number of furan rings is 1. The number of para-hydroxylation sites is 1. The Bertz CT molecular complexity index is 630. The zero-order valence-electron chi connectivity index (χ0n) is 11.2. The number of aliphatic carboxylic acids is 1. The first kappa shape index (κ1) is 12.0. The highest BCUT2D eigenvalue weighted by atomic mass is 16.4. The van der Waals surface area contributed by atoms with Gasteiger partial charge in [0.05, 0.1) is 12.5 Å². The minimum absolute atomic E-state index is 0.101. The van der Waals surface area contributed by atoms with Crippen molar-refractivity contribution < 1.29 is 14.3 Å². The molecule has 1 saturated heterocycles. The molecule has 1 aliphatic heterocycles. The Hall–Kier alpha value is -1.81. The van der Waals surface area contributed by atoms with Crippen LogP contribution in [0.4, 0.5) is 0 Å². The largest absolute Gasteiger partial charge is 0.481 e. The first-order chi connectivity index (χ1) is 9.72. The van der Waals surface area contributed by atoms with Crippen LogP contribution in [0.25, 0.3) is 11.0 Å². The van der Waals surface area contributed by atoms with E-state index in [0.29, 0.717) is 11.8 Å². The van der Waals surface area contributed by atoms with Crippen molar-refractivity contribution in [3.05, 3.63) is 36.1 Å². The van der Waals surface area contributed by atoms with Crippen molar-refractivity contribution in [2.45, 2.75) is 13.0 Å². The number of carboxylic acid groups (broad SMARTS) is 1. The number of hydrogen-bond acceptors (Lipinski definition) is 3. The highest BCUT2D eigenvalue weighted by Gasteiger charge is 2.56. The molecule has 2 aromatic rings. The maximum atomic E-state index is 11.1. The molecular weight excluding hydrogens is 254 g/mol. The highest BCUT2D eigenvalue weighted by molar-refractivity contribution is 5.77. The quantitative estimate of drug-likeness (QED) is 0.932. The van der Waals surface area contributed by atoms with Crippen LogP contribution in [-0.4, -0.2) is 29.1 Å². The van der Waals surface area contributed by atoms with E-state index in [1.807, 2.05) is 18.2 Å². The number of carboxylic acids is 1. The van der Waals surface area contributed by atoms with Gasteiger partial charge in [0, 0.05) is 11.9 Å². The third kappa shape index (κ3) is 1.91. The second-order valence-corrected chi connectivity index (χ2v) is 5.97. The Kier molecular flexibility index (Phi) is 2.60. The normalized spacial score (nSPS) is 29.3. The third-order valence-electron chi connectivity index (χ3n) is 4.72. The van der Waals surface area contributed by atoms with Gasteiger partial charge in [-0.05, 0) is 36.9 Å². The summed E-state index contributed by atoms with van der Waals surface area (Å²) < 4.78 is 5.84. The summed E-state index contributed by atoms with van der Waals surface area (Å²) in [7, 11) is 0. The molecule has 2 fully saturated rings. The van der Waals surface area contributed by atoms with Crippen molar-refractivity contribution >= 4 is 16.9 Å². The van der Waals surface area contributed by atoms with Crippen LogP contribution in [0.15, 0.2) is 34.7 Å². The zero-order chi connectivity index (χ0) is 13.7. The monoisotopic (exact) mass is 271 g/mol. The zero-order valence-corrected chi connectivity index (χ0v) is 11.2. The fourth-order valence-electron chi connectivity index (χ4n) is 3.65. The predicted molar refractivity (Wildman–Crippen MR) is 74.2 cm³/mol. The lowest BCUT2D eigenvalue weighted by Gasteiger charge is -2.24. The van der Waals surface area contributed by atoms with E-state index in [-0.39, 0.29) is 5.92 Å². The number of rotatable bonds is 3. The lowest BCUT2D eigenvalue weighted by atomic mass is 10.1. The summed E-state index contributed by atoms with van der Waals surface area (Å²) in [5.41, 5.74) is 0.923. The van der Waals surface area contributed by atoms with E-state index in [9.17, 15) is 4.79 Å². The van der Waals surface area contributed by atoms with Crippen LogP contribution in [0.1, 0.15) is 12.2 Å². The highest BCUT2D eigenvalue weighted by Crippen LogP contribution is 2.51. The summed E-state index contributed by atoms with van der Waals surface area (Å²) in [5.74, 6) is 1.02. The van der Waals surface area contributed by atoms with Crippen LogP contribution >= 0.6 is 0 Å². The summed E-state index contributed by atoms with van der Waals surface area (Å²) >= 11 is 0. The van der Waals surface area contributed by atoms with Crippen LogP contribution in [0.2, 0.25) is 0 Å². The molecular formula is C16H17NO3. The number of nitrogens with zero attached hydrogens (tertiary/aromatic N) is 1. The number of hydrogen-bond donors (Lipinski definition) is 1. The lowest BCUT2D eigenvalue weighted by Crippen LogP contribution is -2.30. The number of carbonyl (C=O) groups is 1. The van der Waals surface area contributed by atoms with Gasteiger partial charge in [-0.3, -0.25) is 9.69 Å². The van der Waals surface area contributed by atoms with Gasteiger partial charge >= 0.3 is 5.97 Å². The van der Waals surface area contributed by atoms with E-state index in [0.717, 1.165) is 42.8 Å². The Morgan fingerprint density at radius 3 is 3.00 bits per heavy atom. The van der Waals surface area contributed by atoms with Gasteiger partial charge in [-0.25, -0.2) is 0 Å². The summed E-state index contributed by atoms with van der Waals surface area (Å²) in [5, 5.41) is 10.3. The molecule has 1 aliphatic carbocycles. The van der Waals surface area contributed by atoms with Gasteiger partial charge in [0.15, 0.2) is 0 Å². The molecule has 0 spiro atoms. The molecule has 104 valence electrons. The molecule has 3 atom stereocenters. The number of benzene rings is 1. The number of likely N-dealkylation sites (tertiary alicyclic amines) is 1. The van der Waals surface area contributed by atoms with Gasteiger partial charge in [0.2, 0.25) is 0 Å². The SMILES string of the molecule is O=C(O)C1C2CCN(Cc3cc4ccccc4o3)CC21. The Labute approximate surface area is 117 Å². The topological polar surface area (TPSA) is 53.7 Å². The van der Waals surface area contributed by atoms with E-state index >= 15 is 0 Å². The molecule has 20 heavy (non-hydrogen) atoms. The average molecular weight is 271 g/mol. The van der Waals surface area contributed by atoms with Crippen LogP contribution in [0.3, 0.4) is 0 Å². The fraction of sp³-hybridized carbons (Fsp3) is 0.438. The summed E-state index contributed by atoms with van der Waals surface area (Å²) in [6.07, 6.45) is 1.00. The molecule has 4 heteroatoms. The second kappa shape index (κ2) is 4.35. The van der Waals surface area contributed by atoms with E-state index in [2.05, 4.69) is 17.0 Å². The smallest absolute Gasteiger partial charge is 0.307 e. The van der Waals surface area contributed by atoms with Crippen LogP contribution in [0, 0.1) is 17.8 Å². The Morgan fingerprint density at radius 2 is 2.20 bits per heavy atom. The minimum Gasteiger partial charge on any atom is -0.481 e. The molecule has 2 aliphatic rings. The van der Waals surface area contributed by atoms with Gasteiger partial charge in [0.25, 0.3) is 0 Å². The lowest BCUT2D eigenvalue weighted by molar-refractivity contribution is -0.139. The van der Waals surface area contributed by atoms with Gasteiger partial charge in [-0.1, -0.05) is 18.2 Å². The molecule has 0 bridgehead atoms. The predicted octanol–water partition coefficient (Wildman–Crippen LogP) is 2.59. The van der Waals surface area contributed by atoms with E-state index in [4.69, 9.17) is 9.52 Å². The van der Waals surface area contributed by atoms with Gasteiger partial charge < -0.3 is 9.52 Å². The number of piperidine rings is 1. The second-order valence-electron chi connectivity index (χ2n) is 5.97. The van der Waals surface area contributed by atoms with E-state index in [1.165, 1.54) is 0 Å². The molecule has 4 nitrogen and oxygen atoms in total. The summed E-state index contributed by atoms with van der Waals surface area (Å²) in [6.45, 7) is 2.64. The molecule has 1 N–H and O–H groups in total. The summed E-state index contributed by atoms with van der Waals surface area (Å²) in [4.78, 5) is 13.4. The number of fused-ring (bicyclic) bond motifs is 2. The van der Waals surface area contributed by atoms with Crippen molar-refractivity contribution in [2.75, 3.05) is 13.1 Å². The average Bonchev–Trinajstić information content (AvgIpc) is 3.00. The third-order valence-corrected chi connectivity index (χ3v) is 4.72. The standard InChI is InChI=1S/C16H17NO3/c18-16(19)15-12-5-6-17(9-13(12)15)8-11-7-10-3-1-2-4-14(10)20-11/h1-4,7,12-13,15H,5-6,8-9H2,(H,18,19). The summed E-state index contributed by atoms with van der Waals surface area (Å²) in [6, 6.07) is 10.1. The molecule has 0 radical (unpaired) electrons. The van der Waals surface area contributed by atoms with Crippen molar-refractivity contribution in [3.63, 3.8) is 0 Å².